The molecule has 4 fully saturated rings. The number of rotatable bonds is 4. The minimum Gasteiger partial charge on any atom is -0.465 e. The highest BCUT2D eigenvalue weighted by Gasteiger charge is 2.51. The Bertz CT molecular complexity index is 236. The second-order valence-electron chi connectivity index (χ2n) is 4.94. The predicted molar refractivity (Wildman–Crippen MR) is 51.7 cm³/mol. The molecule has 1 N–H and O–H groups in total. The van der Waals surface area contributed by atoms with Crippen LogP contribution in [0.1, 0.15) is 25.7 Å². The minimum atomic E-state index is 0.0527. The molecular weight excluding hydrogens is 178 g/mol. The molecule has 0 aromatic heterocycles. The zero-order valence-electron chi connectivity index (χ0n) is 8.37. The molecule has 0 spiro atoms. The molecule has 0 aromatic rings. The summed E-state index contributed by atoms with van der Waals surface area (Å²) in [6.07, 6.45) is 4.95. The molecule has 3 heteroatoms. The molecule has 4 rings (SSSR count). The molecular formula is C11H17NO2. The van der Waals surface area contributed by atoms with Crippen molar-refractivity contribution in [2.24, 2.45) is 17.8 Å². The van der Waals surface area contributed by atoms with E-state index in [4.69, 9.17) is 4.74 Å². The van der Waals surface area contributed by atoms with Gasteiger partial charge in [0, 0.05) is 6.04 Å². The van der Waals surface area contributed by atoms with Gasteiger partial charge in [-0.15, -0.1) is 0 Å². The predicted octanol–water partition coefficient (Wildman–Crippen LogP) is 0.938. The Kier molecular flexibility index (Phi) is 2.01. The van der Waals surface area contributed by atoms with Gasteiger partial charge in [-0.3, -0.25) is 4.79 Å². The molecule has 2 aliphatic carbocycles. The van der Waals surface area contributed by atoms with Crippen molar-refractivity contribution in [3.8, 4) is 0 Å². The molecule has 2 saturated carbocycles. The molecule has 2 aliphatic heterocycles. The first-order valence-electron chi connectivity index (χ1n) is 5.74. The third-order valence-corrected chi connectivity index (χ3v) is 3.88. The van der Waals surface area contributed by atoms with Gasteiger partial charge in [0.05, 0.1) is 12.5 Å². The number of carbonyl (C=O) groups is 1. The normalized spacial score (nSPS) is 39.3. The van der Waals surface area contributed by atoms with E-state index in [1.807, 2.05) is 0 Å². The standard InChI is InChI=1S/C11H17NO2/c13-11(14-4-3-7-1-2-7)10-8-5-9(10)12-6-8/h7-10,12H,1-6H2. The minimum absolute atomic E-state index is 0.0527. The Morgan fingerprint density at radius 1 is 1.43 bits per heavy atom. The third-order valence-electron chi connectivity index (χ3n) is 3.88. The number of nitrogens with one attached hydrogen (secondary N) is 1. The smallest absolute Gasteiger partial charge is 0.310 e. The Balaban J connectivity index is 1.41. The van der Waals surface area contributed by atoms with Gasteiger partial charge in [0.15, 0.2) is 0 Å². The second-order valence-corrected chi connectivity index (χ2v) is 4.94. The van der Waals surface area contributed by atoms with Crippen LogP contribution < -0.4 is 5.32 Å². The number of fused-ring (bicyclic) bond motifs is 1. The number of hydrogen-bond donors (Lipinski definition) is 1. The summed E-state index contributed by atoms with van der Waals surface area (Å²) in [7, 11) is 0. The summed E-state index contributed by atoms with van der Waals surface area (Å²) < 4.78 is 5.30. The zero-order valence-corrected chi connectivity index (χ0v) is 8.37. The molecule has 2 saturated heterocycles. The van der Waals surface area contributed by atoms with Crippen LogP contribution in [0.4, 0.5) is 0 Å². The maximum absolute atomic E-state index is 11.6. The van der Waals surface area contributed by atoms with Gasteiger partial charge in [-0.2, -0.15) is 0 Å². The molecule has 0 aromatic carbocycles. The van der Waals surface area contributed by atoms with Crippen LogP contribution in [0.2, 0.25) is 0 Å². The van der Waals surface area contributed by atoms with E-state index < -0.39 is 0 Å². The number of ether oxygens (including phenoxy) is 1. The molecule has 78 valence electrons. The highest BCUT2D eigenvalue weighted by molar-refractivity contribution is 5.75. The lowest BCUT2D eigenvalue weighted by Gasteiger charge is -2.32. The van der Waals surface area contributed by atoms with E-state index >= 15 is 0 Å². The van der Waals surface area contributed by atoms with Gasteiger partial charge in [-0.05, 0) is 31.2 Å². The fraction of sp³-hybridized carbons (Fsp3) is 0.909. The van der Waals surface area contributed by atoms with Gasteiger partial charge >= 0.3 is 5.97 Å². The Morgan fingerprint density at radius 2 is 2.29 bits per heavy atom. The fourth-order valence-electron chi connectivity index (χ4n) is 2.66. The molecule has 0 radical (unpaired) electrons. The molecule has 3 nitrogen and oxygen atoms in total. The van der Waals surface area contributed by atoms with E-state index in [0.717, 1.165) is 18.9 Å². The summed E-state index contributed by atoms with van der Waals surface area (Å²) in [5, 5.41) is 3.34. The van der Waals surface area contributed by atoms with Crippen LogP contribution in [0, 0.1) is 17.8 Å². The molecule has 4 aliphatic rings. The van der Waals surface area contributed by atoms with Crippen LogP contribution >= 0.6 is 0 Å². The van der Waals surface area contributed by atoms with Crippen molar-refractivity contribution < 1.29 is 9.53 Å². The SMILES string of the molecule is O=C(OCCC1CC1)C1C2CNC1C2. The average Bonchev–Trinajstić information content (AvgIpc) is 2.70. The second kappa shape index (κ2) is 3.23. The maximum Gasteiger partial charge on any atom is 0.310 e. The van der Waals surface area contributed by atoms with Gasteiger partial charge in [0.2, 0.25) is 0 Å². The van der Waals surface area contributed by atoms with Gasteiger partial charge < -0.3 is 10.1 Å². The first-order valence-corrected chi connectivity index (χ1v) is 5.74. The van der Waals surface area contributed by atoms with Crippen molar-refractivity contribution in [3.05, 3.63) is 0 Å². The largest absolute Gasteiger partial charge is 0.465 e. The summed E-state index contributed by atoms with van der Waals surface area (Å²) in [5.74, 6) is 1.68. The van der Waals surface area contributed by atoms with E-state index in [1.54, 1.807) is 0 Å². The summed E-state index contributed by atoms with van der Waals surface area (Å²) in [6.45, 7) is 1.67. The quantitative estimate of drug-likeness (QED) is 0.678. The van der Waals surface area contributed by atoms with Crippen LogP contribution in [0.15, 0.2) is 0 Å². The van der Waals surface area contributed by atoms with E-state index in [2.05, 4.69) is 5.32 Å². The first kappa shape index (κ1) is 8.72. The van der Waals surface area contributed by atoms with Crippen molar-refractivity contribution >= 4 is 5.97 Å². The fourth-order valence-corrected chi connectivity index (χ4v) is 2.66. The lowest BCUT2D eigenvalue weighted by atomic mass is 9.74. The lowest BCUT2D eigenvalue weighted by molar-refractivity contribution is -0.153. The molecule has 0 amide bonds. The average molecular weight is 195 g/mol. The highest BCUT2D eigenvalue weighted by Crippen LogP contribution is 2.41. The number of hydrogen-bond acceptors (Lipinski definition) is 3. The molecule has 3 unspecified atom stereocenters. The number of esters is 1. The number of carbonyl (C=O) groups excluding carboxylic acids is 1. The van der Waals surface area contributed by atoms with Crippen LogP contribution in [-0.4, -0.2) is 25.2 Å². The molecule has 3 atom stereocenters. The summed E-state index contributed by atoms with van der Waals surface area (Å²) >= 11 is 0. The lowest BCUT2D eigenvalue weighted by Crippen LogP contribution is -2.43. The van der Waals surface area contributed by atoms with E-state index in [0.29, 0.717) is 18.6 Å². The van der Waals surface area contributed by atoms with Crippen LogP contribution in [-0.2, 0) is 9.53 Å². The van der Waals surface area contributed by atoms with Crippen molar-refractivity contribution in [1.82, 2.24) is 5.32 Å². The van der Waals surface area contributed by atoms with Gasteiger partial charge in [-0.25, -0.2) is 0 Å². The van der Waals surface area contributed by atoms with Gasteiger partial charge in [-0.1, -0.05) is 12.8 Å². The summed E-state index contributed by atoms with van der Waals surface area (Å²) in [5.41, 5.74) is 0. The van der Waals surface area contributed by atoms with Gasteiger partial charge in [0.1, 0.15) is 0 Å². The highest BCUT2D eigenvalue weighted by atomic mass is 16.5. The van der Waals surface area contributed by atoms with Crippen molar-refractivity contribution in [1.29, 1.82) is 0 Å². The van der Waals surface area contributed by atoms with Crippen LogP contribution in [0.5, 0.6) is 0 Å². The van der Waals surface area contributed by atoms with E-state index in [1.165, 1.54) is 19.3 Å². The van der Waals surface area contributed by atoms with Crippen LogP contribution in [0.3, 0.4) is 0 Å². The van der Waals surface area contributed by atoms with Crippen molar-refractivity contribution in [2.75, 3.05) is 13.2 Å². The first-order chi connectivity index (χ1) is 6.84. The monoisotopic (exact) mass is 195 g/mol. The Hall–Kier alpha value is -0.570. The Morgan fingerprint density at radius 3 is 2.86 bits per heavy atom. The summed E-state index contributed by atoms with van der Waals surface area (Å²) in [4.78, 5) is 11.6. The molecule has 14 heavy (non-hydrogen) atoms. The molecule has 2 heterocycles. The van der Waals surface area contributed by atoms with Crippen molar-refractivity contribution in [2.45, 2.75) is 31.7 Å². The van der Waals surface area contributed by atoms with E-state index in [-0.39, 0.29) is 11.9 Å². The van der Waals surface area contributed by atoms with Gasteiger partial charge in [0.25, 0.3) is 0 Å². The molecule has 2 bridgehead atoms. The third kappa shape index (κ3) is 1.44. The zero-order chi connectivity index (χ0) is 9.54. The Labute approximate surface area is 84.2 Å². The van der Waals surface area contributed by atoms with E-state index in [9.17, 15) is 4.79 Å². The topological polar surface area (TPSA) is 38.3 Å². The van der Waals surface area contributed by atoms with Crippen LogP contribution in [0.25, 0.3) is 0 Å². The van der Waals surface area contributed by atoms with Crippen molar-refractivity contribution in [3.63, 3.8) is 0 Å². The summed E-state index contributed by atoms with van der Waals surface area (Å²) in [6, 6.07) is 0.438. The maximum atomic E-state index is 11.6.